The number of ether oxygens (including phenoxy) is 3. The molecule has 0 radical (unpaired) electrons. The summed E-state index contributed by atoms with van der Waals surface area (Å²) in [6.45, 7) is 3.61. The number of nitrogens with zero attached hydrogens (tertiary/aromatic N) is 3. The van der Waals surface area contributed by atoms with Crippen molar-refractivity contribution in [1.82, 2.24) is 9.97 Å². The molecule has 1 saturated heterocycles. The van der Waals surface area contributed by atoms with Crippen LogP contribution >= 0.6 is 11.3 Å². The summed E-state index contributed by atoms with van der Waals surface area (Å²) in [6.07, 6.45) is 4.44. The predicted octanol–water partition coefficient (Wildman–Crippen LogP) is 3.80. The molecule has 0 spiro atoms. The van der Waals surface area contributed by atoms with Crippen molar-refractivity contribution >= 4 is 27.4 Å². The minimum absolute atomic E-state index is 0.287. The van der Waals surface area contributed by atoms with Crippen LogP contribution in [0.25, 0.3) is 21.5 Å². The van der Waals surface area contributed by atoms with Crippen LogP contribution in [0.1, 0.15) is 24.3 Å². The zero-order valence-electron chi connectivity index (χ0n) is 14.8. The Balaban J connectivity index is 1.44. The zero-order chi connectivity index (χ0) is 17.8. The van der Waals surface area contributed by atoms with Crippen LogP contribution in [-0.4, -0.2) is 43.1 Å². The van der Waals surface area contributed by atoms with Crippen LogP contribution in [-0.2, 0) is 4.74 Å². The minimum atomic E-state index is 0.287. The average molecular weight is 381 g/mol. The van der Waals surface area contributed by atoms with Crippen molar-refractivity contribution in [3.05, 3.63) is 30.0 Å². The van der Waals surface area contributed by atoms with E-state index in [1.165, 1.54) is 23.8 Å². The molecule has 6 rings (SSSR count). The molecule has 2 fully saturated rings. The van der Waals surface area contributed by atoms with Gasteiger partial charge in [-0.3, -0.25) is 0 Å². The monoisotopic (exact) mass is 381 g/mol. The van der Waals surface area contributed by atoms with Crippen LogP contribution in [0.4, 0.5) is 5.13 Å². The molecule has 27 heavy (non-hydrogen) atoms. The third kappa shape index (κ3) is 2.73. The quantitative estimate of drug-likeness (QED) is 0.688. The number of anilines is 1. The van der Waals surface area contributed by atoms with E-state index in [0.29, 0.717) is 5.92 Å². The van der Waals surface area contributed by atoms with E-state index in [2.05, 4.69) is 22.0 Å². The Morgan fingerprint density at radius 1 is 1.04 bits per heavy atom. The summed E-state index contributed by atoms with van der Waals surface area (Å²) < 4.78 is 16.6. The van der Waals surface area contributed by atoms with Crippen molar-refractivity contribution in [3.8, 4) is 22.1 Å². The molecule has 7 heteroatoms. The lowest BCUT2D eigenvalue weighted by Crippen LogP contribution is -2.36. The van der Waals surface area contributed by atoms with E-state index < -0.39 is 0 Å². The fourth-order valence-corrected chi connectivity index (χ4v) is 4.71. The molecule has 2 aliphatic heterocycles. The van der Waals surface area contributed by atoms with E-state index in [4.69, 9.17) is 19.2 Å². The Morgan fingerprint density at radius 3 is 2.67 bits per heavy atom. The van der Waals surface area contributed by atoms with Crippen molar-refractivity contribution in [3.63, 3.8) is 0 Å². The third-order valence-corrected chi connectivity index (χ3v) is 6.46. The molecule has 1 saturated carbocycles. The average Bonchev–Trinajstić information content (AvgIpc) is 3.25. The van der Waals surface area contributed by atoms with E-state index in [0.717, 1.165) is 59.0 Å². The van der Waals surface area contributed by atoms with Gasteiger partial charge in [0.2, 0.25) is 6.79 Å². The molecular formula is C20H19N3O3S. The van der Waals surface area contributed by atoms with Gasteiger partial charge in [-0.1, -0.05) is 11.3 Å². The Bertz CT molecular complexity index is 1020. The first-order valence-corrected chi connectivity index (χ1v) is 10.2. The number of rotatable bonds is 3. The Labute approximate surface area is 160 Å². The lowest BCUT2D eigenvalue weighted by Gasteiger charge is -2.25. The SMILES string of the molecule is c1nc(N2CCOCC2)sc1-c1cc(C2CC2)c2cc3c(cc2n1)OCO3. The van der Waals surface area contributed by atoms with Crippen molar-refractivity contribution < 1.29 is 14.2 Å². The number of hydrogen-bond acceptors (Lipinski definition) is 7. The number of morpholine rings is 1. The number of pyridine rings is 1. The molecule has 0 bridgehead atoms. The maximum atomic E-state index is 5.57. The van der Waals surface area contributed by atoms with E-state index in [9.17, 15) is 0 Å². The van der Waals surface area contributed by atoms with Crippen LogP contribution in [0, 0.1) is 0 Å². The molecule has 0 atom stereocenters. The number of fused-ring (bicyclic) bond motifs is 2. The largest absolute Gasteiger partial charge is 0.454 e. The number of aromatic nitrogens is 2. The van der Waals surface area contributed by atoms with E-state index in [1.807, 2.05) is 12.3 Å². The summed E-state index contributed by atoms with van der Waals surface area (Å²) >= 11 is 1.71. The summed E-state index contributed by atoms with van der Waals surface area (Å²) in [6, 6.07) is 6.35. The fourth-order valence-electron chi connectivity index (χ4n) is 3.78. The first-order valence-electron chi connectivity index (χ1n) is 9.38. The first-order chi connectivity index (χ1) is 13.3. The van der Waals surface area contributed by atoms with Gasteiger partial charge in [-0.2, -0.15) is 0 Å². The molecule has 1 aliphatic carbocycles. The van der Waals surface area contributed by atoms with Crippen molar-refractivity contribution in [2.45, 2.75) is 18.8 Å². The lowest BCUT2D eigenvalue weighted by atomic mass is 10.0. The van der Waals surface area contributed by atoms with Gasteiger partial charge < -0.3 is 19.1 Å². The molecule has 1 aromatic carbocycles. The second-order valence-electron chi connectivity index (χ2n) is 7.20. The van der Waals surface area contributed by atoms with E-state index in [-0.39, 0.29) is 6.79 Å². The number of thiazole rings is 1. The highest BCUT2D eigenvalue weighted by molar-refractivity contribution is 7.18. The highest BCUT2D eigenvalue weighted by Crippen LogP contribution is 2.47. The summed E-state index contributed by atoms with van der Waals surface area (Å²) in [5.74, 6) is 2.24. The molecule has 138 valence electrons. The van der Waals surface area contributed by atoms with Gasteiger partial charge in [0.15, 0.2) is 16.6 Å². The summed E-state index contributed by atoms with van der Waals surface area (Å²) in [7, 11) is 0. The fraction of sp³-hybridized carbons (Fsp3) is 0.400. The highest BCUT2D eigenvalue weighted by atomic mass is 32.1. The summed E-state index contributed by atoms with van der Waals surface area (Å²) in [4.78, 5) is 13.0. The third-order valence-electron chi connectivity index (χ3n) is 5.38. The number of hydrogen-bond donors (Lipinski definition) is 0. The maximum Gasteiger partial charge on any atom is 0.231 e. The Kier molecular flexibility index (Phi) is 3.52. The molecule has 4 heterocycles. The summed E-state index contributed by atoms with van der Waals surface area (Å²) in [5.41, 5.74) is 3.34. The molecule has 6 nitrogen and oxygen atoms in total. The van der Waals surface area contributed by atoms with Crippen LogP contribution in [0.2, 0.25) is 0 Å². The normalized spacial score (nSPS) is 19.0. The smallest absolute Gasteiger partial charge is 0.231 e. The Morgan fingerprint density at radius 2 is 1.85 bits per heavy atom. The molecule has 0 N–H and O–H groups in total. The van der Waals surface area contributed by atoms with Gasteiger partial charge >= 0.3 is 0 Å². The summed E-state index contributed by atoms with van der Waals surface area (Å²) in [5, 5.41) is 2.23. The second kappa shape index (κ2) is 6.07. The Hall–Kier alpha value is -2.38. The van der Waals surface area contributed by atoms with Crippen LogP contribution in [0.15, 0.2) is 24.4 Å². The maximum absolute atomic E-state index is 5.57. The minimum Gasteiger partial charge on any atom is -0.454 e. The van der Waals surface area contributed by atoms with Gasteiger partial charge in [0.25, 0.3) is 0 Å². The number of benzene rings is 1. The molecule has 2 aromatic heterocycles. The van der Waals surface area contributed by atoms with Gasteiger partial charge in [0.1, 0.15) is 0 Å². The molecule has 0 amide bonds. The van der Waals surface area contributed by atoms with Crippen LogP contribution in [0.5, 0.6) is 11.5 Å². The topological polar surface area (TPSA) is 56.7 Å². The highest BCUT2D eigenvalue weighted by Gasteiger charge is 2.28. The molecule has 0 unspecified atom stereocenters. The molecular weight excluding hydrogens is 362 g/mol. The molecule has 3 aliphatic rings. The second-order valence-corrected chi connectivity index (χ2v) is 8.21. The van der Waals surface area contributed by atoms with Gasteiger partial charge in [-0.15, -0.1) is 0 Å². The zero-order valence-corrected chi connectivity index (χ0v) is 15.6. The van der Waals surface area contributed by atoms with Gasteiger partial charge in [-0.05, 0) is 36.5 Å². The lowest BCUT2D eigenvalue weighted by molar-refractivity contribution is 0.122. The van der Waals surface area contributed by atoms with E-state index in [1.54, 1.807) is 11.3 Å². The first kappa shape index (κ1) is 15.7. The van der Waals surface area contributed by atoms with Gasteiger partial charge in [0.05, 0.1) is 29.3 Å². The molecule has 3 aromatic rings. The van der Waals surface area contributed by atoms with E-state index >= 15 is 0 Å². The van der Waals surface area contributed by atoms with Crippen LogP contribution in [0.3, 0.4) is 0 Å². The van der Waals surface area contributed by atoms with Crippen molar-refractivity contribution in [1.29, 1.82) is 0 Å². The standard InChI is InChI=1S/C20H19N3O3S/c1-2-12(1)13-7-16(19-10-21-20(27-19)23-3-5-24-6-4-23)22-15-9-18-17(8-14(13)15)25-11-26-18/h7-10,12H,1-6,11H2. The van der Waals surface area contributed by atoms with Gasteiger partial charge in [0, 0.05) is 30.7 Å². The predicted molar refractivity (Wildman–Crippen MR) is 104 cm³/mol. The van der Waals surface area contributed by atoms with Crippen LogP contribution < -0.4 is 14.4 Å². The van der Waals surface area contributed by atoms with Crippen molar-refractivity contribution in [2.75, 3.05) is 38.0 Å². The van der Waals surface area contributed by atoms with Crippen molar-refractivity contribution in [2.24, 2.45) is 0 Å². The van der Waals surface area contributed by atoms with Gasteiger partial charge in [-0.25, -0.2) is 9.97 Å².